The quantitative estimate of drug-likeness (QED) is 0.735. The average Bonchev–Trinajstić information content (AvgIpc) is 2.74. The topological polar surface area (TPSA) is 21.3 Å². The third-order valence-electron chi connectivity index (χ3n) is 3.39. The van der Waals surface area contributed by atoms with Crippen molar-refractivity contribution in [1.29, 1.82) is 0 Å². The second-order valence-electron chi connectivity index (χ2n) is 4.84. The van der Waals surface area contributed by atoms with Crippen molar-refractivity contribution in [2.45, 2.75) is 25.4 Å². The number of hydrogen-bond donors (Lipinski definition) is 1. The Morgan fingerprint density at radius 3 is 2.95 bits per heavy atom. The highest BCUT2D eigenvalue weighted by Crippen LogP contribution is 2.34. The van der Waals surface area contributed by atoms with Gasteiger partial charge in [0.05, 0.1) is 6.61 Å². The van der Waals surface area contributed by atoms with Crippen molar-refractivity contribution in [3.8, 4) is 5.75 Å². The zero-order valence-electron chi connectivity index (χ0n) is 10.9. The fraction of sp³-hybridized carbons (Fsp3) is 0.333. The molecule has 0 bridgehead atoms. The number of nitrogens with one attached hydrogen (secondary N) is 1. The maximum atomic E-state index is 5.84. The van der Waals surface area contributed by atoms with E-state index in [4.69, 9.17) is 4.74 Å². The SMILES string of the molecule is Brc1csc(CNC2CCCOc3cc(Br)ccc32)c1. The smallest absolute Gasteiger partial charge is 0.125 e. The summed E-state index contributed by atoms with van der Waals surface area (Å²) in [6, 6.07) is 8.85. The lowest BCUT2D eigenvalue weighted by molar-refractivity contribution is 0.315. The lowest BCUT2D eigenvalue weighted by Crippen LogP contribution is -2.20. The van der Waals surface area contributed by atoms with Crippen LogP contribution < -0.4 is 10.1 Å². The maximum absolute atomic E-state index is 5.84. The van der Waals surface area contributed by atoms with E-state index in [0.29, 0.717) is 6.04 Å². The van der Waals surface area contributed by atoms with Gasteiger partial charge in [-0.2, -0.15) is 0 Å². The molecule has 0 saturated heterocycles. The monoisotopic (exact) mass is 415 g/mol. The number of hydrogen-bond acceptors (Lipinski definition) is 3. The molecule has 1 aliphatic heterocycles. The Kier molecular flexibility index (Phi) is 4.81. The van der Waals surface area contributed by atoms with Crippen LogP contribution in [0.3, 0.4) is 0 Å². The zero-order valence-corrected chi connectivity index (χ0v) is 14.9. The predicted molar refractivity (Wildman–Crippen MR) is 90.5 cm³/mol. The molecule has 0 fully saturated rings. The molecule has 2 aromatic rings. The van der Waals surface area contributed by atoms with E-state index < -0.39 is 0 Å². The fourth-order valence-electron chi connectivity index (χ4n) is 2.43. The first-order chi connectivity index (χ1) is 9.72. The summed E-state index contributed by atoms with van der Waals surface area (Å²) in [5, 5.41) is 5.78. The van der Waals surface area contributed by atoms with Gasteiger partial charge in [0.15, 0.2) is 0 Å². The van der Waals surface area contributed by atoms with E-state index in [2.05, 4.69) is 66.8 Å². The van der Waals surface area contributed by atoms with Crippen LogP contribution in [0.1, 0.15) is 29.3 Å². The van der Waals surface area contributed by atoms with Gasteiger partial charge in [0.2, 0.25) is 0 Å². The third kappa shape index (κ3) is 3.45. The van der Waals surface area contributed by atoms with Gasteiger partial charge < -0.3 is 10.1 Å². The highest BCUT2D eigenvalue weighted by Gasteiger charge is 2.19. The Morgan fingerprint density at radius 1 is 1.25 bits per heavy atom. The van der Waals surface area contributed by atoms with Crippen LogP contribution in [0.2, 0.25) is 0 Å². The van der Waals surface area contributed by atoms with Crippen molar-refractivity contribution >= 4 is 43.2 Å². The van der Waals surface area contributed by atoms with Gasteiger partial charge in [-0.3, -0.25) is 0 Å². The van der Waals surface area contributed by atoms with Crippen LogP contribution in [-0.4, -0.2) is 6.61 Å². The van der Waals surface area contributed by atoms with Crippen LogP contribution in [-0.2, 0) is 6.54 Å². The van der Waals surface area contributed by atoms with Crippen LogP contribution in [0, 0.1) is 0 Å². The summed E-state index contributed by atoms with van der Waals surface area (Å²) in [5.41, 5.74) is 1.27. The van der Waals surface area contributed by atoms with Gasteiger partial charge in [0.25, 0.3) is 0 Å². The van der Waals surface area contributed by atoms with Gasteiger partial charge in [-0.05, 0) is 47.0 Å². The van der Waals surface area contributed by atoms with Gasteiger partial charge in [-0.15, -0.1) is 11.3 Å². The number of fused-ring (bicyclic) bond motifs is 1. The minimum absolute atomic E-state index is 0.362. The molecule has 0 amide bonds. The van der Waals surface area contributed by atoms with Crippen molar-refractivity contribution in [2.75, 3.05) is 6.61 Å². The van der Waals surface area contributed by atoms with E-state index in [1.807, 2.05) is 0 Å². The molecule has 1 unspecified atom stereocenters. The van der Waals surface area contributed by atoms with Crippen LogP contribution in [0.5, 0.6) is 5.75 Å². The largest absolute Gasteiger partial charge is 0.493 e. The van der Waals surface area contributed by atoms with Crippen molar-refractivity contribution < 1.29 is 4.74 Å². The fourth-order valence-corrected chi connectivity index (χ4v) is 4.17. The molecule has 0 spiro atoms. The summed E-state index contributed by atoms with van der Waals surface area (Å²) in [4.78, 5) is 1.35. The molecular weight excluding hydrogens is 402 g/mol. The molecule has 1 N–H and O–H groups in total. The highest BCUT2D eigenvalue weighted by atomic mass is 79.9. The minimum atomic E-state index is 0.362. The van der Waals surface area contributed by atoms with E-state index in [9.17, 15) is 0 Å². The number of ether oxygens (including phenoxy) is 1. The number of rotatable bonds is 3. The summed E-state index contributed by atoms with van der Waals surface area (Å²) >= 11 is 8.79. The van der Waals surface area contributed by atoms with Gasteiger partial charge in [-0.1, -0.05) is 22.0 Å². The minimum Gasteiger partial charge on any atom is -0.493 e. The summed E-state index contributed by atoms with van der Waals surface area (Å²) < 4.78 is 8.07. The van der Waals surface area contributed by atoms with E-state index in [0.717, 1.165) is 40.7 Å². The van der Waals surface area contributed by atoms with Crippen molar-refractivity contribution in [3.63, 3.8) is 0 Å². The molecule has 2 nitrogen and oxygen atoms in total. The molecule has 1 aromatic carbocycles. The molecule has 0 saturated carbocycles. The van der Waals surface area contributed by atoms with Crippen LogP contribution in [0.25, 0.3) is 0 Å². The van der Waals surface area contributed by atoms with Gasteiger partial charge >= 0.3 is 0 Å². The highest BCUT2D eigenvalue weighted by molar-refractivity contribution is 9.10. The molecule has 2 heterocycles. The molecular formula is C15H15Br2NOS. The molecule has 3 rings (SSSR count). The Hall–Kier alpha value is -0.360. The molecule has 1 aromatic heterocycles. The molecule has 0 radical (unpaired) electrons. The molecule has 1 aliphatic rings. The normalized spacial score (nSPS) is 18.2. The van der Waals surface area contributed by atoms with Crippen molar-refractivity contribution in [2.24, 2.45) is 0 Å². The predicted octanol–water partition coefficient (Wildman–Crippen LogP) is 5.28. The molecule has 106 valence electrons. The number of halogens is 2. The Morgan fingerprint density at radius 2 is 2.15 bits per heavy atom. The summed E-state index contributed by atoms with van der Waals surface area (Å²) in [5.74, 6) is 1.00. The van der Waals surface area contributed by atoms with E-state index in [-0.39, 0.29) is 0 Å². The number of thiophene rings is 1. The van der Waals surface area contributed by atoms with Gasteiger partial charge in [0, 0.05) is 37.4 Å². The molecule has 1 atom stereocenters. The second-order valence-corrected chi connectivity index (χ2v) is 7.66. The zero-order chi connectivity index (χ0) is 13.9. The van der Waals surface area contributed by atoms with E-state index in [1.54, 1.807) is 11.3 Å². The summed E-state index contributed by atoms with van der Waals surface area (Å²) in [7, 11) is 0. The van der Waals surface area contributed by atoms with Gasteiger partial charge in [-0.25, -0.2) is 0 Å². The first kappa shape index (κ1) is 14.6. The lowest BCUT2D eigenvalue weighted by Gasteiger charge is -2.18. The molecule has 20 heavy (non-hydrogen) atoms. The van der Waals surface area contributed by atoms with Crippen LogP contribution in [0.15, 0.2) is 38.6 Å². The van der Waals surface area contributed by atoms with Crippen molar-refractivity contribution in [1.82, 2.24) is 5.32 Å². The van der Waals surface area contributed by atoms with Crippen LogP contribution in [0.4, 0.5) is 0 Å². The Bertz CT molecular complexity index is 599. The third-order valence-corrected chi connectivity index (χ3v) is 5.58. The maximum Gasteiger partial charge on any atom is 0.125 e. The Labute approximate surface area is 139 Å². The summed E-state index contributed by atoms with van der Waals surface area (Å²) in [6.45, 7) is 1.70. The Balaban J connectivity index is 1.76. The average molecular weight is 417 g/mol. The first-order valence-electron chi connectivity index (χ1n) is 6.61. The standard InChI is InChI=1S/C15H15Br2NOS/c16-10-3-4-13-14(2-1-5-19-15(13)7-10)18-8-12-6-11(17)9-20-12/h3-4,6-7,9,14,18H,1-2,5,8H2. The van der Waals surface area contributed by atoms with E-state index in [1.165, 1.54) is 10.4 Å². The van der Waals surface area contributed by atoms with E-state index >= 15 is 0 Å². The first-order valence-corrected chi connectivity index (χ1v) is 9.07. The van der Waals surface area contributed by atoms with Gasteiger partial charge in [0.1, 0.15) is 5.75 Å². The lowest BCUT2D eigenvalue weighted by atomic mass is 10.0. The summed E-state index contributed by atoms with van der Waals surface area (Å²) in [6.07, 6.45) is 2.19. The molecule has 5 heteroatoms. The van der Waals surface area contributed by atoms with Crippen molar-refractivity contribution in [3.05, 3.63) is 49.0 Å². The molecule has 0 aliphatic carbocycles. The second kappa shape index (κ2) is 6.60. The van der Waals surface area contributed by atoms with Crippen LogP contribution >= 0.6 is 43.2 Å². The number of benzene rings is 1.